The lowest BCUT2D eigenvalue weighted by atomic mass is 9.82. The maximum atomic E-state index is 13.2. The quantitative estimate of drug-likeness (QED) is 0.0760. The van der Waals surface area contributed by atoms with E-state index in [1.54, 1.807) is 6.07 Å². The van der Waals surface area contributed by atoms with Crippen LogP contribution in [-0.4, -0.2) is 65.0 Å². The molecule has 6 rings (SSSR count). The first-order chi connectivity index (χ1) is 22.9. The van der Waals surface area contributed by atoms with Crippen molar-refractivity contribution in [1.29, 1.82) is 0 Å². The highest BCUT2D eigenvalue weighted by Crippen LogP contribution is 2.52. The van der Waals surface area contributed by atoms with Crippen molar-refractivity contribution in [2.24, 2.45) is 0 Å². The number of aliphatic hydroxyl groups excluding tert-OH is 1. The molecule has 2 heterocycles. The molecule has 0 radical (unpaired) electrons. The predicted octanol–water partition coefficient (Wildman–Crippen LogP) is 4.04. The summed E-state index contributed by atoms with van der Waals surface area (Å²) in [5.74, 6) is -4.58. The Hall–Kier alpha value is -5.82. The second kappa shape index (κ2) is 12.8. The van der Waals surface area contributed by atoms with Crippen LogP contribution in [0, 0.1) is 0 Å². The highest BCUT2D eigenvalue weighted by Gasteiger charge is 2.41. The molecule has 0 spiro atoms. The smallest absolute Gasteiger partial charge is 0.312 e. The van der Waals surface area contributed by atoms with Gasteiger partial charge in [0.15, 0.2) is 40.6 Å². The molecule has 8 N–H and O–H groups in total. The first-order valence-electron chi connectivity index (χ1n) is 15.1. The maximum absolute atomic E-state index is 13.2. The molecule has 2 aliphatic heterocycles. The van der Waals surface area contributed by atoms with Crippen LogP contribution in [0.3, 0.4) is 0 Å². The molecule has 0 aromatic heterocycles. The molecule has 48 heavy (non-hydrogen) atoms. The molecule has 0 amide bonds. The van der Waals surface area contributed by atoms with Crippen LogP contribution in [0.15, 0.2) is 60.7 Å². The second-order valence-corrected chi connectivity index (χ2v) is 11.8. The van der Waals surface area contributed by atoms with E-state index >= 15 is 0 Å². The largest absolute Gasteiger partial charge is 0.507 e. The molecule has 0 bridgehead atoms. The maximum Gasteiger partial charge on any atom is 0.312 e. The van der Waals surface area contributed by atoms with Gasteiger partial charge in [0, 0.05) is 35.1 Å². The summed E-state index contributed by atoms with van der Waals surface area (Å²) in [6.07, 6.45) is -3.54. The Morgan fingerprint density at radius 2 is 1.40 bits per heavy atom. The average Bonchev–Trinajstić information content (AvgIpc) is 3.04. The lowest BCUT2D eigenvalue weighted by Gasteiger charge is -2.36. The summed E-state index contributed by atoms with van der Waals surface area (Å²) in [5, 5.41) is 81.0. The van der Waals surface area contributed by atoms with Crippen molar-refractivity contribution >= 4 is 11.9 Å². The van der Waals surface area contributed by atoms with Gasteiger partial charge >= 0.3 is 11.9 Å². The Balaban J connectivity index is 1.29. The van der Waals surface area contributed by atoms with Crippen molar-refractivity contribution in [3.8, 4) is 51.7 Å². The minimum atomic E-state index is -1.13. The highest BCUT2D eigenvalue weighted by atomic mass is 16.6. The summed E-state index contributed by atoms with van der Waals surface area (Å²) in [6.45, 7) is 0. The van der Waals surface area contributed by atoms with Crippen molar-refractivity contribution in [2.45, 2.75) is 56.3 Å². The Bertz CT molecular complexity index is 1900. The number of phenols is 7. The third-order valence-corrected chi connectivity index (χ3v) is 8.51. The van der Waals surface area contributed by atoms with E-state index in [-0.39, 0.29) is 59.3 Å². The Labute approximate surface area is 273 Å². The number of aliphatic hydroxyl groups is 1. The molecule has 4 aromatic carbocycles. The summed E-state index contributed by atoms with van der Waals surface area (Å²) < 4.78 is 17.7. The number of phenolic OH excluding ortho intramolecular Hbond substituents is 7. The minimum Gasteiger partial charge on any atom is -0.507 e. The van der Waals surface area contributed by atoms with Crippen molar-refractivity contribution in [2.75, 3.05) is 0 Å². The fourth-order valence-electron chi connectivity index (χ4n) is 6.09. The molecule has 4 aromatic rings. The van der Waals surface area contributed by atoms with Gasteiger partial charge in [0.2, 0.25) is 0 Å². The van der Waals surface area contributed by atoms with Crippen LogP contribution in [-0.2, 0) is 27.2 Å². The topological polar surface area (TPSA) is 224 Å². The van der Waals surface area contributed by atoms with Crippen molar-refractivity contribution in [3.63, 3.8) is 0 Å². The standard InChI is InChI=1S/C35H32O13/c36-19(5-1-16-2-6-22(37)25(40)9-16)12-31(44)46-30-13-21-29(47-34(30)18-4-8-24(39)27(42)11-18)15-28(43)33-20(14-32(45)48-35(21)33)17-3-7-23(38)26(41)10-17/h2-4,6-11,15,19-20,30,34,36-43H,1,5,12-14H2. The van der Waals surface area contributed by atoms with Gasteiger partial charge in [0.1, 0.15) is 23.4 Å². The van der Waals surface area contributed by atoms with Gasteiger partial charge < -0.3 is 55.1 Å². The number of carbonyl (C=O) groups is 2. The monoisotopic (exact) mass is 660 g/mol. The van der Waals surface area contributed by atoms with Gasteiger partial charge in [-0.05, 0) is 60.4 Å². The van der Waals surface area contributed by atoms with Crippen LogP contribution < -0.4 is 9.47 Å². The van der Waals surface area contributed by atoms with E-state index in [2.05, 4.69) is 0 Å². The zero-order valence-corrected chi connectivity index (χ0v) is 25.2. The van der Waals surface area contributed by atoms with Crippen LogP contribution in [0.1, 0.15) is 59.1 Å². The minimum absolute atomic E-state index is 0.0101. The van der Waals surface area contributed by atoms with Gasteiger partial charge in [0.25, 0.3) is 0 Å². The third kappa shape index (κ3) is 6.40. The van der Waals surface area contributed by atoms with Gasteiger partial charge in [-0.25, -0.2) is 0 Å². The Morgan fingerprint density at radius 1 is 0.771 bits per heavy atom. The number of benzene rings is 4. The molecule has 13 heteroatoms. The van der Waals surface area contributed by atoms with Crippen LogP contribution in [0.2, 0.25) is 0 Å². The SMILES string of the molecule is O=C1CC(c2ccc(O)c(O)c2)c2c(O)cc3c(c2O1)CC(OC(=O)CC(O)CCc1ccc(O)c(O)c1)C(c1ccc(O)c(O)c1)O3. The van der Waals surface area contributed by atoms with Gasteiger partial charge in [0.05, 0.1) is 18.9 Å². The number of hydrogen-bond acceptors (Lipinski definition) is 13. The predicted molar refractivity (Wildman–Crippen MR) is 165 cm³/mol. The highest BCUT2D eigenvalue weighted by molar-refractivity contribution is 5.81. The number of hydrogen-bond donors (Lipinski definition) is 8. The van der Waals surface area contributed by atoms with E-state index in [1.165, 1.54) is 54.6 Å². The number of fused-ring (bicyclic) bond motifs is 3. The molecule has 0 aliphatic carbocycles. The molecule has 2 aliphatic rings. The summed E-state index contributed by atoms with van der Waals surface area (Å²) >= 11 is 0. The van der Waals surface area contributed by atoms with E-state index in [4.69, 9.17) is 14.2 Å². The Kier molecular flexibility index (Phi) is 8.54. The zero-order chi connectivity index (χ0) is 34.3. The van der Waals surface area contributed by atoms with E-state index in [0.29, 0.717) is 28.7 Å². The first kappa shape index (κ1) is 32.1. The van der Waals surface area contributed by atoms with Crippen molar-refractivity contribution in [3.05, 3.63) is 88.5 Å². The first-order valence-corrected chi connectivity index (χ1v) is 15.1. The number of ether oxygens (including phenoxy) is 3. The second-order valence-electron chi connectivity index (χ2n) is 11.8. The molecular weight excluding hydrogens is 628 g/mol. The van der Waals surface area contributed by atoms with E-state index in [1.807, 2.05) is 0 Å². The molecular formula is C35H32O13. The molecule has 4 atom stereocenters. The summed E-state index contributed by atoms with van der Waals surface area (Å²) in [6, 6.07) is 13.6. The van der Waals surface area contributed by atoms with Crippen LogP contribution in [0.4, 0.5) is 0 Å². The summed E-state index contributed by atoms with van der Waals surface area (Å²) in [4.78, 5) is 26.0. The van der Waals surface area contributed by atoms with Gasteiger partial charge in [-0.1, -0.05) is 18.2 Å². The summed E-state index contributed by atoms with van der Waals surface area (Å²) in [7, 11) is 0. The van der Waals surface area contributed by atoms with E-state index in [0.717, 1.165) is 0 Å². The molecule has 250 valence electrons. The number of rotatable bonds is 8. The van der Waals surface area contributed by atoms with Crippen LogP contribution in [0.5, 0.6) is 51.7 Å². The van der Waals surface area contributed by atoms with Crippen LogP contribution in [0.25, 0.3) is 0 Å². The van der Waals surface area contributed by atoms with Crippen LogP contribution >= 0.6 is 0 Å². The van der Waals surface area contributed by atoms with Crippen molar-refractivity contribution in [1.82, 2.24) is 0 Å². The number of carbonyl (C=O) groups excluding carboxylic acids is 2. The molecule has 4 unspecified atom stereocenters. The zero-order valence-electron chi connectivity index (χ0n) is 25.2. The molecule has 0 fully saturated rings. The van der Waals surface area contributed by atoms with E-state index < -0.39 is 59.8 Å². The lowest BCUT2D eigenvalue weighted by Crippen LogP contribution is -2.36. The molecule has 13 nitrogen and oxygen atoms in total. The van der Waals surface area contributed by atoms with Gasteiger partial charge in [-0.15, -0.1) is 0 Å². The van der Waals surface area contributed by atoms with Crippen molar-refractivity contribution < 1.29 is 64.7 Å². The average molecular weight is 661 g/mol. The number of aryl methyl sites for hydroxylation is 1. The number of esters is 2. The normalized spacial score (nSPS) is 18.9. The third-order valence-electron chi connectivity index (χ3n) is 8.51. The van der Waals surface area contributed by atoms with E-state index in [9.17, 15) is 50.4 Å². The van der Waals surface area contributed by atoms with Gasteiger partial charge in [-0.2, -0.15) is 0 Å². The van der Waals surface area contributed by atoms with Gasteiger partial charge in [-0.3, -0.25) is 9.59 Å². The molecule has 0 saturated heterocycles. The summed E-state index contributed by atoms with van der Waals surface area (Å²) in [5.41, 5.74) is 1.89. The fraction of sp³-hybridized carbons (Fsp3) is 0.257. The lowest BCUT2D eigenvalue weighted by molar-refractivity contribution is -0.157. The molecule has 0 saturated carbocycles. The number of aromatic hydroxyl groups is 7. The fourth-order valence-corrected chi connectivity index (χ4v) is 6.09. The Morgan fingerprint density at radius 3 is 2.06 bits per heavy atom.